The lowest BCUT2D eigenvalue weighted by Gasteiger charge is -2.09. The van der Waals surface area contributed by atoms with Crippen LogP contribution in [0.2, 0.25) is 0 Å². The van der Waals surface area contributed by atoms with Crippen LogP contribution < -0.4 is 5.32 Å². The monoisotopic (exact) mass is 339 g/mol. The van der Waals surface area contributed by atoms with Gasteiger partial charge < -0.3 is 5.32 Å². The molecule has 1 aromatic heterocycles. The highest BCUT2D eigenvalue weighted by atomic mass is 32.2. The molecule has 1 aliphatic heterocycles. The fourth-order valence-electron chi connectivity index (χ4n) is 2.34. The number of carbonyl (C=O) groups is 1. The van der Waals surface area contributed by atoms with Gasteiger partial charge in [0, 0.05) is 11.6 Å². The van der Waals surface area contributed by atoms with Gasteiger partial charge >= 0.3 is 0 Å². The molecule has 2 aromatic rings. The van der Waals surface area contributed by atoms with Crippen LogP contribution in [0.25, 0.3) is 11.4 Å². The van der Waals surface area contributed by atoms with E-state index in [4.69, 9.17) is 0 Å². The molecule has 2 heterocycles. The zero-order valence-corrected chi connectivity index (χ0v) is 12.8. The van der Waals surface area contributed by atoms with Crippen LogP contribution in [-0.4, -0.2) is 52.1 Å². The van der Waals surface area contributed by atoms with E-state index in [0.717, 1.165) is 4.80 Å². The molecular weight excluding hydrogens is 325 g/mol. The predicted molar refractivity (Wildman–Crippen MR) is 78.4 cm³/mol. The Morgan fingerprint density at radius 3 is 2.74 bits per heavy atom. The Bertz CT molecular complexity index is 818. The molecule has 0 bridgehead atoms. The van der Waals surface area contributed by atoms with Crippen LogP contribution in [0.4, 0.5) is 4.39 Å². The molecule has 1 amide bonds. The summed E-state index contributed by atoms with van der Waals surface area (Å²) in [5, 5.41) is 14.3. The van der Waals surface area contributed by atoms with Crippen LogP contribution in [0, 0.1) is 5.82 Å². The Morgan fingerprint density at radius 1 is 1.35 bits per heavy atom. The maximum atomic E-state index is 12.9. The van der Waals surface area contributed by atoms with Crippen LogP contribution in [0.5, 0.6) is 0 Å². The van der Waals surface area contributed by atoms with Gasteiger partial charge in [0.2, 0.25) is 11.7 Å². The molecule has 0 radical (unpaired) electrons. The van der Waals surface area contributed by atoms with Gasteiger partial charge in [-0.05, 0) is 35.9 Å². The Morgan fingerprint density at radius 2 is 2.09 bits per heavy atom. The second kappa shape index (κ2) is 6.03. The second-order valence-electron chi connectivity index (χ2n) is 5.32. The van der Waals surface area contributed by atoms with E-state index in [0.29, 0.717) is 12.0 Å². The van der Waals surface area contributed by atoms with Crippen molar-refractivity contribution in [2.75, 3.05) is 11.5 Å². The zero-order chi connectivity index (χ0) is 16.4. The average Bonchev–Trinajstić information content (AvgIpc) is 3.06. The zero-order valence-electron chi connectivity index (χ0n) is 12.0. The molecule has 122 valence electrons. The Balaban J connectivity index is 1.60. The number of rotatable bonds is 4. The van der Waals surface area contributed by atoms with E-state index in [1.807, 2.05) is 0 Å². The van der Waals surface area contributed by atoms with Gasteiger partial charge in [-0.2, -0.15) is 4.80 Å². The van der Waals surface area contributed by atoms with Crippen LogP contribution >= 0.6 is 0 Å². The molecule has 23 heavy (non-hydrogen) atoms. The third-order valence-electron chi connectivity index (χ3n) is 3.44. The number of halogens is 1. The Kier molecular flexibility index (Phi) is 4.07. The van der Waals surface area contributed by atoms with Gasteiger partial charge in [-0.15, -0.1) is 10.2 Å². The fraction of sp³-hybridized carbons (Fsp3) is 0.385. The van der Waals surface area contributed by atoms with Crippen molar-refractivity contribution in [3.63, 3.8) is 0 Å². The highest BCUT2D eigenvalue weighted by Crippen LogP contribution is 2.14. The standard InChI is InChI=1S/C13H14FN5O3S/c14-10-3-1-9(2-4-10)13-16-18-19(17-13)7-12(20)15-11-5-6-23(21,22)8-11/h1-4,11H,5-8H2,(H,15,20)/t11-/m0/s1. The van der Waals surface area contributed by atoms with Crippen molar-refractivity contribution in [2.45, 2.75) is 19.0 Å². The average molecular weight is 339 g/mol. The molecule has 8 nitrogen and oxygen atoms in total. The fourth-order valence-corrected chi connectivity index (χ4v) is 4.01. The lowest BCUT2D eigenvalue weighted by Crippen LogP contribution is -2.38. The van der Waals surface area contributed by atoms with E-state index in [2.05, 4.69) is 20.7 Å². The summed E-state index contributed by atoms with van der Waals surface area (Å²) in [7, 11) is -3.05. The first-order valence-corrected chi connectivity index (χ1v) is 8.77. The first kappa shape index (κ1) is 15.5. The molecule has 3 rings (SSSR count). The molecular formula is C13H14FN5O3S. The first-order valence-electron chi connectivity index (χ1n) is 6.95. The van der Waals surface area contributed by atoms with Gasteiger partial charge in [-0.3, -0.25) is 4.79 Å². The SMILES string of the molecule is O=C(Cn1nnc(-c2ccc(F)cc2)n1)N[C@H]1CCS(=O)(=O)C1. The number of benzene rings is 1. The highest BCUT2D eigenvalue weighted by molar-refractivity contribution is 7.91. The molecule has 1 atom stereocenters. The summed E-state index contributed by atoms with van der Waals surface area (Å²) in [6, 6.07) is 5.22. The summed E-state index contributed by atoms with van der Waals surface area (Å²) < 4.78 is 35.6. The summed E-state index contributed by atoms with van der Waals surface area (Å²) in [6.45, 7) is -0.162. The number of aromatic nitrogens is 4. The van der Waals surface area contributed by atoms with Crippen LogP contribution in [0.1, 0.15) is 6.42 Å². The van der Waals surface area contributed by atoms with Crippen molar-refractivity contribution in [1.29, 1.82) is 0 Å². The molecule has 0 saturated carbocycles. The van der Waals surface area contributed by atoms with Crippen LogP contribution in [0.15, 0.2) is 24.3 Å². The van der Waals surface area contributed by atoms with Crippen molar-refractivity contribution >= 4 is 15.7 Å². The molecule has 0 spiro atoms. The molecule has 10 heteroatoms. The maximum absolute atomic E-state index is 12.9. The minimum atomic E-state index is -3.05. The molecule has 1 fully saturated rings. The van der Waals surface area contributed by atoms with Gasteiger partial charge in [0.25, 0.3) is 0 Å². The smallest absolute Gasteiger partial charge is 0.243 e. The summed E-state index contributed by atoms with van der Waals surface area (Å²) >= 11 is 0. The summed E-state index contributed by atoms with van der Waals surface area (Å²) in [4.78, 5) is 13.0. The number of nitrogens with one attached hydrogen (secondary N) is 1. The van der Waals surface area contributed by atoms with Crippen LogP contribution in [0.3, 0.4) is 0 Å². The van der Waals surface area contributed by atoms with Crippen LogP contribution in [-0.2, 0) is 21.2 Å². The number of sulfone groups is 1. The molecule has 1 N–H and O–H groups in total. The Hall–Kier alpha value is -2.36. The summed E-state index contributed by atoms with van der Waals surface area (Å²) in [5.41, 5.74) is 0.583. The number of hydrogen-bond acceptors (Lipinski definition) is 6. The second-order valence-corrected chi connectivity index (χ2v) is 7.55. The van der Waals surface area contributed by atoms with Gasteiger partial charge in [0.05, 0.1) is 11.5 Å². The number of nitrogens with zero attached hydrogens (tertiary/aromatic N) is 4. The number of carbonyl (C=O) groups excluding carboxylic acids is 1. The topological polar surface area (TPSA) is 107 Å². The van der Waals surface area contributed by atoms with Crippen molar-refractivity contribution in [1.82, 2.24) is 25.5 Å². The lowest BCUT2D eigenvalue weighted by atomic mass is 10.2. The maximum Gasteiger partial charge on any atom is 0.243 e. The molecule has 1 aliphatic rings. The van der Waals surface area contributed by atoms with E-state index in [9.17, 15) is 17.6 Å². The molecule has 1 aromatic carbocycles. The number of amides is 1. The van der Waals surface area contributed by atoms with Crippen molar-refractivity contribution in [3.05, 3.63) is 30.1 Å². The van der Waals surface area contributed by atoms with Crippen molar-refractivity contribution in [2.24, 2.45) is 0 Å². The quantitative estimate of drug-likeness (QED) is 0.825. The van der Waals surface area contributed by atoms with Crippen molar-refractivity contribution < 1.29 is 17.6 Å². The van der Waals surface area contributed by atoms with Gasteiger partial charge in [-0.25, -0.2) is 12.8 Å². The van der Waals surface area contributed by atoms with Gasteiger partial charge in [0.15, 0.2) is 9.84 Å². The largest absolute Gasteiger partial charge is 0.351 e. The van der Waals surface area contributed by atoms with E-state index in [-0.39, 0.29) is 41.6 Å². The van der Waals surface area contributed by atoms with E-state index in [1.165, 1.54) is 24.3 Å². The summed E-state index contributed by atoms with van der Waals surface area (Å²) in [5.74, 6) is -0.415. The molecule has 0 unspecified atom stereocenters. The molecule has 1 saturated heterocycles. The van der Waals surface area contributed by atoms with Gasteiger partial charge in [0.1, 0.15) is 12.4 Å². The van der Waals surface area contributed by atoms with Gasteiger partial charge in [-0.1, -0.05) is 0 Å². The van der Waals surface area contributed by atoms with E-state index in [1.54, 1.807) is 0 Å². The lowest BCUT2D eigenvalue weighted by molar-refractivity contribution is -0.122. The van der Waals surface area contributed by atoms with E-state index >= 15 is 0 Å². The normalized spacial score (nSPS) is 19.6. The molecule has 0 aliphatic carbocycles. The Labute approximate surface area is 131 Å². The summed E-state index contributed by atoms with van der Waals surface area (Å²) in [6.07, 6.45) is 0.416. The first-order chi connectivity index (χ1) is 10.9. The minimum absolute atomic E-state index is 0.0373. The highest BCUT2D eigenvalue weighted by Gasteiger charge is 2.29. The van der Waals surface area contributed by atoms with E-state index < -0.39 is 9.84 Å². The van der Waals surface area contributed by atoms with Crippen molar-refractivity contribution in [3.8, 4) is 11.4 Å². The number of tetrazole rings is 1. The predicted octanol–water partition coefficient (Wildman–Crippen LogP) is -0.218. The third kappa shape index (κ3) is 3.89. The minimum Gasteiger partial charge on any atom is -0.351 e. The number of hydrogen-bond donors (Lipinski definition) is 1. The third-order valence-corrected chi connectivity index (χ3v) is 5.21.